The molecule has 2 N–H and O–H groups in total. The van der Waals surface area contributed by atoms with Crippen molar-refractivity contribution >= 4 is 41.0 Å². The number of thioether (sulfide) groups is 1. The van der Waals surface area contributed by atoms with Gasteiger partial charge in [0.2, 0.25) is 0 Å². The minimum absolute atomic E-state index is 0. The summed E-state index contributed by atoms with van der Waals surface area (Å²) in [6.07, 6.45) is 4.17. The summed E-state index contributed by atoms with van der Waals surface area (Å²) in [5.41, 5.74) is 4.49. The molecular weight excluding hydrogens is 651 g/mol. The number of amides is 2. The zero-order valence-corrected chi connectivity index (χ0v) is 29.9. The summed E-state index contributed by atoms with van der Waals surface area (Å²) in [6, 6.07) is 22.8. The molecule has 0 fully saturated rings. The number of aryl methyl sites for hydroxylation is 1. The maximum absolute atomic E-state index is 13.2. The SMILES string of the molecule is CSCC(C)(C)c1cc(NC(=O)NCc2ccccc2Sc2ccc3nnc(C(C)C)n3c2)n(-c2cc[c-]c(C)c2)n1.[Y]. The predicted molar refractivity (Wildman–Crippen MR) is 172 cm³/mol. The van der Waals surface area contributed by atoms with Crippen LogP contribution in [-0.4, -0.2) is 42.4 Å². The van der Waals surface area contributed by atoms with Gasteiger partial charge in [0.05, 0.1) is 5.69 Å². The molecule has 0 saturated heterocycles. The van der Waals surface area contributed by atoms with Crippen LogP contribution in [0.25, 0.3) is 11.3 Å². The van der Waals surface area contributed by atoms with E-state index in [0.29, 0.717) is 12.4 Å². The number of rotatable bonds is 10. The Hall–Kier alpha value is -2.66. The van der Waals surface area contributed by atoms with Crippen molar-refractivity contribution < 1.29 is 37.5 Å². The first-order chi connectivity index (χ1) is 20.1. The van der Waals surface area contributed by atoms with E-state index in [1.807, 2.05) is 59.9 Å². The standard InChI is InChI=1S/C32H36N7OS2.Y/c1-21(2)30-36-35-28-15-14-25(19-38(28)30)42-26-13-8-7-11-23(26)18-33-31(40)34-29-17-27(32(4,5)20-41-6)37-39(29)24-12-9-10-22(3)16-24;/h7-9,11-17,19,21H,18,20H2,1-6H3,(H2,33,34,40);/q-1;. The molecule has 2 aromatic carbocycles. The van der Waals surface area contributed by atoms with Gasteiger partial charge in [-0.05, 0) is 35.7 Å². The fourth-order valence-corrected chi connectivity index (χ4v) is 6.53. The normalized spacial score (nSPS) is 11.5. The number of anilines is 1. The van der Waals surface area contributed by atoms with Crippen LogP contribution in [0.3, 0.4) is 0 Å². The van der Waals surface area contributed by atoms with Crippen LogP contribution >= 0.6 is 23.5 Å². The van der Waals surface area contributed by atoms with Gasteiger partial charge in [0.25, 0.3) is 0 Å². The van der Waals surface area contributed by atoms with Crippen molar-refractivity contribution in [1.82, 2.24) is 29.7 Å². The Bertz CT molecular complexity index is 1710. The van der Waals surface area contributed by atoms with Gasteiger partial charge in [0, 0.05) is 78.4 Å². The summed E-state index contributed by atoms with van der Waals surface area (Å²) < 4.78 is 3.85. The van der Waals surface area contributed by atoms with E-state index < -0.39 is 0 Å². The second-order valence-electron chi connectivity index (χ2n) is 11.2. The van der Waals surface area contributed by atoms with Crippen LogP contribution in [0.15, 0.2) is 76.7 Å². The summed E-state index contributed by atoms with van der Waals surface area (Å²) in [5.74, 6) is 2.73. The molecule has 8 nitrogen and oxygen atoms in total. The van der Waals surface area contributed by atoms with Crippen molar-refractivity contribution in [1.29, 1.82) is 0 Å². The Balaban J connectivity index is 0.00000423. The molecule has 0 spiro atoms. The van der Waals surface area contributed by atoms with Crippen LogP contribution in [0.5, 0.6) is 0 Å². The smallest absolute Gasteiger partial charge is 0.320 e. The van der Waals surface area contributed by atoms with Crippen LogP contribution in [0.2, 0.25) is 0 Å². The molecule has 3 heterocycles. The minimum Gasteiger partial charge on any atom is -0.334 e. The van der Waals surface area contributed by atoms with E-state index in [-0.39, 0.29) is 50.1 Å². The quantitative estimate of drug-likeness (QED) is 0.150. The Labute approximate surface area is 287 Å². The second-order valence-corrected chi connectivity index (χ2v) is 13.2. The van der Waals surface area contributed by atoms with Crippen molar-refractivity contribution in [2.24, 2.45) is 0 Å². The zero-order chi connectivity index (χ0) is 29.9. The van der Waals surface area contributed by atoms with Crippen LogP contribution in [0, 0.1) is 13.0 Å². The van der Waals surface area contributed by atoms with Gasteiger partial charge in [-0.2, -0.15) is 34.6 Å². The van der Waals surface area contributed by atoms with E-state index in [4.69, 9.17) is 5.10 Å². The van der Waals surface area contributed by atoms with E-state index in [9.17, 15) is 4.79 Å². The van der Waals surface area contributed by atoms with Crippen molar-refractivity contribution in [3.05, 3.63) is 95.6 Å². The molecule has 0 saturated carbocycles. The molecule has 0 aliphatic heterocycles. The van der Waals surface area contributed by atoms with Gasteiger partial charge in [0.1, 0.15) is 11.6 Å². The number of nitrogens with one attached hydrogen (secondary N) is 2. The van der Waals surface area contributed by atoms with E-state index in [0.717, 1.165) is 49.5 Å². The molecule has 1 radical (unpaired) electrons. The fraction of sp³-hybridized carbons (Fsp3) is 0.312. The number of pyridine rings is 1. The van der Waals surface area contributed by atoms with E-state index in [1.54, 1.807) is 28.2 Å². The molecule has 5 aromatic rings. The predicted octanol–water partition coefficient (Wildman–Crippen LogP) is 7.26. The van der Waals surface area contributed by atoms with Gasteiger partial charge in [-0.3, -0.25) is 9.72 Å². The van der Waals surface area contributed by atoms with Crippen molar-refractivity contribution in [3.63, 3.8) is 0 Å². The molecule has 221 valence electrons. The van der Waals surface area contributed by atoms with Crippen molar-refractivity contribution in [2.45, 2.75) is 62.3 Å². The van der Waals surface area contributed by atoms with E-state index in [2.05, 4.69) is 79.2 Å². The van der Waals surface area contributed by atoms with Crippen LogP contribution in [-0.2, 0) is 44.7 Å². The summed E-state index contributed by atoms with van der Waals surface area (Å²) in [5, 5.41) is 19.6. The van der Waals surface area contributed by atoms with Crippen molar-refractivity contribution in [3.8, 4) is 5.69 Å². The second kappa shape index (κ2) is 14.4. The first-order valence-electron chi connectivity index (χ1n) is 13.9. The van der Waals surface area contributed by atoms with E-state index >= 15 is 0 Å². The summed E-state index contributed by atoms with van der Waals surface area (Å²) in [6.45, 7) is 10.9. The molecule has 43 heavy (non-hydrogen) atoms. The summed E-state index contributed by atoms with van der Waals surface area (Å²) in [7, 11) is 0. The first kappa shape index (κ1) is 33.2. The Morgan fingerprint density at radius 3 is 2.63 bits per heavy atom. The topological polar surface area (TPSA) is 89.1 Å². The maximum Gasteiger partial charge on any atom is 0.320 e. The monoisotopic (exact) mass is 687 g/mol. The maximum atomic E-state index is 13.2. The molecule has 0 atom stereocenters. The number of carbonyl (C=O) groups excluding carboxylic acids is 1. The summed E-state index contributed by atoms with van der Waals surface area (Å²) in [4.78, 5) is 15.3. The van der Waals surface area contributed by atoms with Gasteiger partial charge < -0.3 is 5.32 Å². The number of urea groups is 1. The molecule has 11 heteroatoms. The first-order valence-corrected chi connectivity index (χ1v) is 16.1. The third-order valence-corrected chi connectivity index (χ3v) is 8.99. The Morgan fingerprint density at radius 1 is 1.09 bits per heavy atom. The number of carbonyl (C=O) groups is 1. The van der Waals surface area contributed by atoms with E-state index in [1.165, 1.54) is 0 Å². The molecule has 0 bridgehead atoms. The Morgan fingerprint density at radius 2 is 1.88 bits per heavy atom. The van der Waals surface area contributed by atoms with Gasteiger partial charge in [-0.25, -0.2) is 9.48 Å². The molecule has 0 aliphatic carbocycles. The number of benzene rings is 2. The average Bonchev–Trinajstić information content (AvgIpc) is 3.57. The minimum atomic E-state index is -0.295. The van der Waals surface area contributed by atoms with Gasteiger partial charge in [0.15, 0.2) is 5.65 Å². The number of nitrogens with zero attached hydrogens (tertiary/aromatic N) is 5. The molecule has 0 unspecified atom stereocenters. The number of aromatic nitrogens is 5. The van der Waals surface area contributed by atoms with Crippen molar-refractivity contribution in [2.75, 3.05) is 17.3 Å². The Kier molecular flexibility index (Phi) is 11.1. The largest absolute Gasteiger partial charge is 0.334 e. The zero-order valence-electron chi connectivity index (χ0n) is 25.4. The molecular formula is C32H36N7OS2Y-. The van der Waals surface area contributed by atoms with Gasteiger partial charge in [-0.15, -0.1) is 22.3 Å². The number of hydrogen-bond donors (Lipinski definition) is 2. The number of fused-ring (bicyclic) bond motifs is 1. The number of hydrogen-bond acceptors (Lipinski definition) is 6. The third kappa shape index (κ3) is 7.90. The summed E-state index contributed by atoms with van der Waals surface area (Å²) >= 11 is 3.43. The van der Waals surface area contributed by atoms with Gasteiger partial charge >= 0.3 is 6.03 Å². The molecule has 0 aliphatic rings. The van der Waals surface area contributed by atoms with Crippen LogP contribution in [0.1, 0.15) is 56.3 Å². The van der Waals surface area contributed by atoms with Crippen LogP contribution < -0.4 is 10.6 Å². The molecule has 2 amide bonds. The third-order valence-electron chi connectivity index (χ3n) is 6.88. The van der Waals surface area contributed by atoms with Gasteiger partial charge in [-0.1, -0.05) is 64.6 Å². The molecule has 5 rings (SSSR count). The average molecular weight is 688 g/mol. The molecule has 3 aromatic heterocycles. The fourth-order valence-electron chi connectivity index (χ4n) is 4.69. The van der Waals surface area contributed by atoms with Crippen LogP contribution in [0.4, 0.5) is 10.6 Å².